The Hall–Kier alpha value is -3.03. The molecule has 2 heterocycles. The molecular formula is C19H16F7NO6. The number of anilines is 1. The van der Waals surface area contributed by atoms with Crippen LogP contribution in [0.2, 0.25) is 0 Å². The van der Waals surface area contributed by atoms with Crippen LogP contribution < -0.4 is 14.8 Å². The maximum absolute atomic E-state index is 13.2. The Morgan fingerprint density at radius 2 is 1.52 bits per heavy atom. The second-order valence-corrected chi connectivity index (χ2v) is 7.28. The number of rotatable bonds is 9. The highest BCUT2D eigenvalue weighted by Gasteiger charge is 2.53. The topological polar surface area (TPSA) is 94.1 Å². The molecule has 2 bridgehead atoms. The van der Waals surface area contributed by atoms with Crippen LogP contribution in [-0.4, -0.2) is 60.9 Å². The van der Waals surface area contributed by atoms with Gasteiger partial charge in [-0.1, -0.05) is 12.2 Å². The molecule has 0 aliphatic carbocycles. The number of amides is 1. The smallest absolute Gasteiger partial charge is 0.422 e. The highest BCUT2D eigenvalue weighted by atomic mass is 19.4. The van der Waals surface area contributed by atoms with E-state index in [1.165, 1.54) is 12.2 Å². The van der Waals surface area contributed by atoms with Crippen LogP contribution in [0.4, 0.5) is 36.4 Å². The number of carbonyl (C=O) groups is 2. The fraction of sp³-hybridized carbons (Fsp3) is 0.474. The van der Waals surface area contributed by atoms with E-state index in [0.717, 1.165) is 18.2 Å². The number of carbonyl (C=O) groups excluding carboxylic acids is 1. The number of benzene rings is 1. The van der Waals surface area contributed by atoms with Gasteiger partial charge in [0.15, 0.2) is 13.2 Å². The molecule has 1 amide bonds. The van der Waals surface area contributed by atoms with Gasteiger partial charge in [-0.05, 0) is 0 Å². The summed E-state index contributed by atoms with van der Waals surface area (Å²) in [5, 5.41) is 11.6. The van der Waals surface area contributed by atoms with Crippen molar-refractivity contribution in [2.45, 2.75) is 30.7 Å². The van der Waals surface area contributed by atoms with Crippen molar-refractivity contribution >= 4 is 17.6 Å². The largest absolute Gasteiger partial charge is 0.487 e. The molecule has 4 unspecified atom stereocenters. The molecule has 1 aromatic carbocycles. The van der Waals surface area contributed by atoms with E-state index >= 15 is 0 Å². The zero-order valence-corrected chi connectivity index (χ0v) is 16.3. The number of ether oxygens (including phenoxy) is 3. The molecule has 14 heteroatoms. The molecule has 0 radical (unpaired) electrons. The van der Waals surface area contributed by atoms with Crippen LogP contribution >= 0.6 is 0 Å². The number of hydrogen-bond acceptors (Lipinski definition) is 5. The van der Waals surface area contributed by atoms with Crippen molar-refractivity contribution in [3.8, 4) is 11.5 Å². The van der Waals surface area contributed by atoms with Gasteiger partial charge in [0, 0.05) is 23.9 Å². The second kappa shape index (κ2) is 9.08. The van der Waals surface area contributed by atoms with Gasteiger partial charge in [0.1, 0.15) is 17.4 Å². The Labute approximate surface area is 181 Å². The predicted octanol–water partition coefficient (Wildman–Crippen LogP) is 3.50. The lowest BCUT2D eigenvalue weighted by Crippen LogP contribution is -2.39. The van der Waals surface area contributed by atoms with Crippen molar-refractivity contribution in [3.63, 3.8) is 0 Å². The van der Waals surface area contributed by atoms with Crippen LogP contribution in [0.3, 0.4) is 0 Å². The van der Waals surface area contributed by atoms with Crippen LogP contribution in [0, 0.1) is 11.8 Å². The van der Waals surface area contributed by atoms with Crippen LogP contribution in [0.25, 0.3) is 0 Å². The zero-order chi connectivity index (χ0) is 24.6. The van der Waals surface area contributed by atoms with Gasteiger partial charge in [0.2, 0.25) is 5.91 Å². The highest BCUT2D eigenvalue weighted by Crippen LogP contribution is 2.40. The van der Waals surface area contributed by atoms with Gasteiger partial charge in [-0.15, -0.1) is 0 Å². The number of nitrogens with one attached hydrogen (secondary N) is 1. The van der Waals surface area contributed by atoms with Gasteiger partial charge in [0.05, 0.1) is 18.1 Å². The fourth-order valence-electron chi connectivity index (χ4n) is 3.36. The molecule has 4 atom stereocenters. The molecule has 2 aliphatic heterocycles. The molecule has 33 heavy (non-hydrogen) atoms. The molecule has 2 aliphatic rings. The first-order chi connectivity index (χ1) is 15.3. The maximum Gasteiger partial charge on any atom is 0.422 e. The van der Waals surface area contributed by atoms with Gasteiger partial charge >= 0.3 is 24.5 Å². The lowest BCUT2D eigenvalue weighted by atomic mass is 9.82. The van der Waals surface area contributed by atoms with Crippen molar-refractivity contribution in [1.82, 2.24) is 0 Å². The van der Waals surface area contributed by atoms with E-state index in [-0.39, 0.29) is 5.69 Å². The molecule has 1 saturated heterocycles. The van der Waals surface area contributed by atoms with Gasteiger partial charge < -0.3 is 24.6 Å². The maximum atomic E-state index is 13.2. The van der Waals surface area contributed by atoms with Gasteiger partial charge in [-0.25, -0.2) is 8.78 Å². The Morgan fingerprint density at radius 3 is 2.03 bits per heavy atom. The summed E-state index contributed by atoms with van der Waals surface area (Å²) in [4.78, 5) is 24.2. The number of hydrogen-bond donors (Lipinski definition) is 2. The quantitative estimate of drug-likeness (QED) is 0.409. The number of halogens is 7. The summed E-state index contributed by atoms with van der Waals surface area (Å²) in [6.07, 6.45) is -7.56. The van der Waals surface area contributed by atoms with Crippen LogP contribution in [0.5, 0.6) is 11.5 Å². The summed E-state index contributed by atoms with van der Waals surface area (Å²) in [5.74, 6) is -10.3. The molecular weight excluding hydrogens is 471 g/mol. The molecule has 2 N–H and O–H groups in total. The van der Waals surface area contributed by atoms with Gasteiger partial charge in [0.25, 0.3) is 0 Å². The van der Waals surface area contributed by atoms with E-state index in [0.29, 0.717) is 0 Å². The molecule has 0 saturated carbocycles. The van der Waals surface area contributed by atoms with E-state index in [1.807, 2.05) is 0 Å². The molecule has 0 spiro atoms. The predicted molar refractivity (Wildman–Crippen MR) is 95.5 cm³/mol. The zero-order valence-electron chi connectivity index (χ0n) is 16.3. The number of alkyl halides is 7. The van der Waals surface area contributed by atoms with Crippen molar-refractivity contribution in [3.05, 3.63) is 30.4 Å². The van der Waals surface area contributed by atoms with Crippen molar-refractivity contribution in [2.24, 2.45) is 11.8 Å². The third-order valence-corrected chi connectivity index (χ3v) is 4.79. The van der Waals surface area contributed by atoms with E-state index in [9.17, 15) is 45.4 Å². The lowest BCUT2D eigenvalue weighted by molar-refractivity contribution is -0.153. The van der Waals surface area contributed by atoms with E-state index in [1.54, 1.807) is 0 Å². The lowest BCUT2D eigenvalue weighted by Gasteiger charge is -2.22. The number of carboxylic acids is 1. The Bertz CT molecular complexity index is 936. The van der Waals surface area contributed by atoms with Gasteiger partial charge in [-0.2, -0.15) is 22.0 Å². The summed E-state index contributed by atoms with van der Waals surface area (Å²) in [6, 6.07) is 2.54. The molecule has 1 aromatic rings. The number of carboxylic acid groups (broad SMARTS) is 1. The fourth-order valence-corrected chi connectivity index (χ4v) is 3.36. The average Bonchev–Trinajstić information content (AvgIpc) is 3.32. The highest BCUT2D eigenvalue weighted by molar-refractivity contribution is 5.97. The average molecular weight is 487 g/mol. The summed E-state index contributed by atoms with van der Waals surface area (Å²) >= 11 is 0. The second-order valence-electron chi connectivity index (χ2n) is 7.28. The minimum absolute atomic E-state index is 0.300. The third-order valence-electron chi connectivity index (χ3n) is 4.79. The van der Waals surface area contributed by atoms with E-state index in [4.69, 9.17) is 4.74 Å². The van der Waals surface area contributed by atoms with Crippen LogP contribution in [0.1, 0.15) is 0 Å². The minimum Gasteiger partial charge on any atom is -0.487 e. The monoisotopic (exact) mass is 487 g/mol. The normalized spacial score (nSPS) is 24.2. The van der Waals surface area contributed by atoms with Gasteiger partial charge in [-0.3, -0.25) is 9.59 Å². The SMILES string of the molecule is O=C(O)C1C2C=CC(O2)C1C(=O)Nc1cc(OCC(F)(F)F)cc(OCC(F)(F)C(F)F)c1. The summed E-state index contributed by atoms with van der Waals surface area (Å²) in [5.41, 5.74) is -0.300. The van der Waals surface area contributed by atoms with Crippen molar-refractivity contribution in [2.75, 3.05) is 18.5 Å². The standard InChI is InChI=1S/C19H16F7NO6/c20-17(21)18(22,23)6-31-9-3-8(4-10(5-9)32-7-19(24,25)26)27-15(28)13-11-1-2-12(33-11)14(13)16(29)30/h1-5,11-14,17H,6-7H2,(H,27,28)(H,29,30). The minimum atomic E-state index is -4.76. The third kappa shape index (κ3) is 5.86. The van der Waals surface area contributed by atoms with E-state index < -0.39 is 79.2 Å². The Morgan fingerprint density at radius 1 is 0.970 bits per heavy atom. The number of aliphatic carboxylic acids is 1. The Balaban J connectivity index is 1.81. The number of fused-ring (bicyclic) bond motifs is 2. The van der Waals surface area contributed by atoms with Crippen molar-refractivity contribution < 1.29 is 59.6 Å². The first-order valence-corrected chi connectivity index (χ1v) is 9.28. The summed E-state index contributed by atoms with van der Waals surface area (Å²) in [7, 11) is 0. The molecule has 1 fully saturated rings. The Kier molecular flexibility index (Phi) is 6.77. The first-order valence-electron chi connectivity index (χ1n) is 9.28. The van der Waals surface area contributed by atoms with Crippen LogP contribution in [-0.2, 0) is 14.3 Å². The van der Waals surface area contributed by atoms with E-state index in [2.05, 4.69) is 14.8 Å². The molecule has 0 aromatic heterocycles. The summed E-state index contributed by atoms with van der Waals surface area (Å²) < 4.78 is 103. The van der Waals surface area contributed by atoms with Crippen LogP contribution in [0.15, 0.2) is 30.4 Å². The molecule has 182 valence electrons. The molecule has 3 rings (SSSR count). The summed E-state index contributed by atoms with van der Waals surface area (Å²) in [6.45, 7) is -3.57. The van der Waals surface area contributed by atoms with Crippen molar-refractivity contribution in [1.29, 1.82) is 0 Å². The molecule has 7 nitrogen and oxygen atoms in total. The first kappa shape index (κ1) is 24.6.